The number of thiophene rings is 1. The molecule has 0 aliphatic heterocycles. The minimum Gasteiger partial charge on any atom is -0.495 e. The molecule has 6 heteroatoms. The van der Waals surface area contributed by atoms with Crippen LogP contribution in [0.2, 0.25) is 0 Å². The highest BCUT2D eigenvalue weighted by atomic mass is 32.1. The smallest absolute Gasteiger partial charge is 0.313 e. The first kappa shape index (κ1) is 18.5. The van der Waals surface area contributed by atoms with Crippen LogP contribution >= 0.6 is 11.3 Å². The Morgan fingerprint density at radius 1 is 1.19 bits per heavy atom. The van der Waals surface area contributed by atoms with Crippen LogP contribution in [0.3, 0.4) is 0 Å². The predicted molar refractivity (Wildman–Crippen MR) is 104 cm³/mol. The number of anilines is 1. The molecule has 1 aromatic carbocycles. The zero-order chi connectivity index (χ0) is 18.6. The molecule has 1 aromatic heterocycles. The van der Waals surface area contributed by atoms with E-state index in [0.717, 1.165) is 31.2 Å². The summed E-state index contributed by atoms with van der Waals surface area (Å²) >= 11 is 1.67. The fraction of sp³-hybridized carbons (Fsp3) is 0.400. The lowest BCUT2D eigenvalue weighted by Crippen LogP contribution is -2.43. The Morgan fingerprint density at radius 3 is 2.62 bits per heavy atom. The maximum absolute atomic E-state index is 12.3. The van der Waals surface area contributed by atoms with Crippen molar-refractivity contribution in [3.8, 4) is 5.75 Å². The van der Waals surface area contributed by atoms with Crippen LogP contribution in [0.15, 0.2) is 35.0 Å². The van der Waals surface area contributed by atoms with Gasteiger partial charge in [-0.05, 0) is 59.9 Å². The molecule has 1 aliphatic rings. The number of carbonyl (C=O) groups is 2. The van der Waals surface area contributed by atoms with E-state index in [1.807, 2.05) is 13.0 Å². The lowest BCUT2D eigenvalue weighted by Gasteiger charge is -2.28. The van der Waals surface area contributed by atoms with Crippen molar-refractivity contribution in [3.05, 3.63) is 46.2 Å². The zero-order valence-corrected chi connectivity index (χ0v) is 15.9. The molecule has 1 heterocycles. The maximum Gasteiger partial charge on any atom is 0.313 e. The Hall–Kier alpha value is -2.34. The first-order valence-electron chi connectivity index (χ1n) is 8.80. The van der Waals surface area contributed by atoms with Gasteiger partial charge in [0.1, 0.15) is 5.75 Å². The van der Waals surface area contributed by atoms with Crippen molar-refractivity contribution in [1.82, 2.24) is 5.32 Å². The van der Waals surface area contributed by atoms with Gasteiger partial charge in [-0.15, -0.1) is 0 Å². The van der Waals surface area contributed by atoms with Crippen LogP contribution in [-0.2, 0) is 15.0 Å². The molecule has 0 unspecified atom stereocenters. The molecule has 0 radical (unpaired) electrons. The number of amides is 2. The molecule has 1 saturated carbocycles. The van der Waals surface area contributed by atoms with E-state index in [0.29, 0.717) is 18.0 Å². The highest BCUT2D eigenvalue weighted by molar-refractivity contribution is 7.08. The number of benzene rings is 1. The van der Waals surface area contributed by atoms with E-state index in [1.54, 1.807) is 23.5 Å². The van der Waals surface area contributed by atoms with E-state index < -0.39 is 11.8 Å². The second kappa shape index (κ2) is 7.91. The molecule has 0 bridgehead atoms. The largest absolute Gasteiger partial charge is 0.495 e. The molecule has 138 valence electrons. The lowest BCUT2D eigenvalue weighted by molar-refractivity contribution is -0.136. The Morgan fingerprint density at radius 2 is 1.96 bits per heavy atom. The molecule has 2 N–H and O–H groups in total. The molecule has 0 atom stereocenters. The summed E-state index contributed by atoms with van der Waals surface area (Å²) in [5, 5.41) is 9.70. The van der Waals surface area contributed by atoms with Gasteiger partial charge in [-0.1, -0.05) is 18.9 Å². The quantitative estimate of drug-likeness (QED) is 0.788. The average molecular weight is 372 g/mol. The third kappa shape index (κ3) is 3.90. The van der Waals surface area contributed by atoms with Crippen LogP contribution in [0.5, 0.6) is 5.75 Å². The van der Waals surface area contributed by atoms with Gasteiger partial charge in [-0.3, -0.25) is 9.59 Å². The van der Waals surface area contributed by atoms with Gasteiger partial charge in [0.2, 0.25) is 0 Å². The van der Waals surface area contributed by atoms with Gasteiger partial charge in [0.25, 0.3) is 0 Å². The number of hydrogen-bond donors (Lipinski definition) is 2. The van der Waals surface area contributed by atoms with Crippen molar-refractivity contribution < 1.29 is 14.3 Å². The van der Waals surface area contributed by atoms with Crippen molar-refractivity contribution in [1.29, 1.82) is 0 Å². The Labute approximate surface area is 157 Å². The number of methoxy groups -OCH3 is 1. The predicted octanol–water partition coefficient (Wildman–Crippen LogP) is 3.63. The zero-order valence-electron chi connectivity index (χ0n) is 15.1. The van der Waals surface area contributed by atoms with Crippen LogP contribution in [0.1, 0.15) is 36.8 Å². The third-order valence-corrected chi connectivity index (χ3v) is 5.77. The number of rotatable bonds is 5. The van der Waals surface area contributed by atoms with E-state index in [1.165, 1.54) is 12.7 Å². The van der Waals surface area contributed by atoms with E-state index in [9.17, 15) is 9.59 Å². The summed E-state index contributed by atoms with van der Waals surface area (Å²) < 4.78 is 5.24. The Kier molecular flexibility index (Phi) is 5.61. The molecule has 2 amide bonds. The summed E-state index contributed by atoms with van der Waals surface area (Å²) in [6, 6.07) is 7.57. The minimum absolute atomic E-state index is 0.0447. The molecule has 2 aromatic rings. The number of aryl methyl sites for hydroxylation is 1. The molecule has 0 saturated heterocycles. The SMILES string of the molecule is COc1ccc(C)cc1NC(=O)C(=O)NCC1(c2ccsc2)CCCC1. The first-order valence-corrected chi connectivity index (χ1v) is 9.75. The number of carbonyl (C=O) groups excluding carboxylic acids is 2. The molecule has 26 heavy (non-hydrogen) atoms. The van der Waals surface area contributed by atoms with Gasteiger partial charge in [0, 0.05) is 12.0 Å². The molecule has 1 aliphatic carbocycles. The maximum atomic E-state index is 12.3. The van der Waals surface area contributed by atoms with Crippen LogP contribution in [-0.4, -0.2) is 25.5 Å². The number of nitrogens with one attached hydrogen (secondary N) is 2. The summed E-state index contributed by atoms with van der Waals surface area (Å²) in [6.45, 7) is 2.40. The number of hydrogen-bond acceptors (Lipinski definition) is 4. The number of ether oxygens (including phenoxy) is 1. The summed E-state index contributed by atoms with van der Waals surface area (Å²) in [7, 11) is 1.53. The summed E-state index contributed by atoms with van der Waals surface area (Å²) in [6.07, 6.45) is 4.38. The molecule has 5 nitrogen and oxygen atoms in total. The van der Waals surface area contributed by atoms with Crippen LogP contribution in [0.25, 0.3) is 0 Å². The fourth-order valence-corrected chi connectivity index (χ4v) is 4.39. The van der Waals surface area contributed by atoms with Gasteiger partial charge in [0.15, 0.2) is 0 Å². The lowest BCUT2D eigenvalue weighted by atomic mass is 9.80. The Bertz CT molecular complexity index is 780. The summed E-state index contributed by atoms with van der Waals surface area (Å²) in [5.74, 6) is -0.760. The second-order valence-corrected chi connectivity index (χ2v) is 7.62. The van der Waals surface area contributed by atoms with Crippen molar-refractivity contribution >= 4 is 28.8 Å². The van der Waals surface area contributed by atoms with Gasteiger partial charge < -0.3 is 15.4 Å². The van der Waals surface area contributed by atoms with Gasteiger partial charge >= 0.3 is 11.8 Å². The van der Waals surface area contributed by atoms with Crippen LogP contribution in [0.4, 0.5) is 5.69 Å². The van der Waals surface area contributed by atoms with E-state index in [-0.39, 0.29) is 5.41 Å². The van der Waals surface area contributed by atoms with Crippen molar-refractivity contribution in [2.75, 3.05) is 19.0 Å². The normalized spacial score (nSPS) is 15.5. The van der Waals surface area contributed by atoms with Gasteiger partial charge in [-0.2, -0.15) is 11.3 Å². The first-order chi connectivity index (χ1) is 12.5. The van der Waals surface area contributed by atoms with Crippen LogP contribution in [0, 0.1) is 6.92 Å². The third-order valence-electron chi connectivity index (χ3n) is 5.09. The van der Waals surface area contributed by atoms with E-state index in [4.69, 9.17) is 4.74 Å². The van der Waals surface area contributed by atoms with Crippen molar-refractivity contribution in [2.24, 2.45) is 0 Å². The topological polar surface area (TPSA) is 67.4 Å². The highest BCUT2D eigenvalue weighted by Crippen LogP contribution is 2.41. The monoisotopic (exact) mass is 372 g/mol. The van der Waals surface area contributed by atoms with Crippen molar-refractivity contribution in [2.45, 2.75) is 38.0 Å². The molecule has 1 fully saturated rings. The molecule has 0 spiro atoms. The summed E-state index contributed by atoms with van der Waals surface area (Å²) in [5.41, 5.74) is 2.70. The fourth-order valence-electron chi connectivity index (χ4n) is 3.61. The molecular formula is C20H24N2O3S. The van der Waals surface area contributed by atoms with Gasteiger partial charge in [-0.25, -0.2) is 0 Å². The highest BCUT2D eigenvalue weighted by Gasteiger charge is 2.36. The second-order valence-electron chi connectivity index (χ2n) is 6.84. The molecule has 3 rings (SSSR count). The van der Waals surface area contributed by atoms with Crippen molar-refractivity contribution in [3.63, 3.8) is 0 Å². The molecular weight excluding hydrogens is 348 g/mol. The van der Waals surface area contributed by atoms with E-state index >= 15 is 0 Å². The van der Waals surface area contributed by atoms with Gasteiger partial charge in [0.05, 0.1) is 12.8 Å². The Balaban J connectivity index is 1.65. The van der Waals surface area contributed by atoms with Crippen LogP contribution < -0.4 is 15.4 Å². The van der Waals surface area contributed by atoms with E-state index in [2.05, 4.69) is 27.5 Å². The summed E-state index contributed by atoms with van der Waals surface area (Å²) in [4.78, 5) is 24.7. The minimum atomic E-state index is -0.674. The standard InChI is InChI=1S/C20H24N2O3S/c1-14-5-6-17(25-2)16(11-14)22-19(24)18(23)21-13-20(8-3-4-9-20)15-7-10-26-12-15/h5-7,10-12H,3-4,8-9,13H2,1-2H3,(H,21,23)(H,22,24). The average Bonchev–Trinajstić information content (AvgIpc) is 3.32.